The molecule has 0 unspecified atom stereocenters. The van der Waals surface area contributed by atoms with E-state index in [1.165, 1.54) is 7.11 Å². The third kappa shape index (κ3) is 1.89. The van der Waals surface area contributed by atoms with Gasteiger partial charge in [-0.25, -0.2) is 0 Å². The second kappa shape index (κ2) is 4.01. The summed E-state index contributed by atoms with van der Waals surface area (Å²) in [6.07, 6.45) is 0.164. The van der Waals surface area contributed by atoms with Crippen LogP contribution in [0.3, 0.4) is 0 Å². The molecule has 6 heteroatoms. The number of carbonyl (C=O) groups excluding carboxylic acids is 1. The maximum Gasteiger partial charge on any atom is 0.306 e. The molecule has 2 aliphatic heterocycles. The molecular weight excluding hydrogens is 252 g/mol. The number of epoxide rings is 2. The van der Waals surface area contributed by atoms with Gasteiger partial charge in [-0.3, -0.25) is 9.59 Å². The van der Waals surface area contributed by atoms with Crippen molar-refractivity contribution in [2.45, 2.75) is 49.6 Å². The van der Waals surface area contributed by atoms with Gasteiger partial charge in [0, 0.05) is 13.5 Å². The quantitative estimate of drug-likeness (QED) is 0.743. The smallest absolute Gasteiger partial charge is 0.306 e. The highest BCUT2D eigenvalue weighted by atomic mass is 16.6. The van der Waals surface area contributed by atoms with Crippen molar-refractivity contribution >= 4 is 11.8 Å². The first kappa shape index (κ1) is 13.0. The predicted molar refractivity (Wildman–Crippen MR) is 62.7 cm³/mol. The molecule has 2 saturated heterocycles. The van der Waals surface area contributed by atoms with E-state index in [0.717, 1.165) is 0 Å². The van der Waals surface area contributed by atoms with Crippen LogP contribution < -0.4 is 0 Å². The van der Waals surface area contributed by atoms with Crippen LogP contribution in [-0.2, 0) is 23.8 Å². The third-order valence-electron chi connectivity index (χ3n) is 4.71. The van der Waals surface area contributed by atoms with E-state index in [2.05, 4.69) is 0 Å². The maximum absolute atomic E-state index is 12.0. The number of carboxylic acid groups (broad SMARTS) is 1. The van der Waals surface area contributed by atoms with E-state index < -0.39 is 17.7 Å². The van der Waals surface area contributed by atoms with Crippen molar-refractivity contribution < 1.29 is 28.9 Å². The molecule has 0 radical (unpaired) electrons. The molecule has 3 aliphatic rings. The zero-order valence-corrected chi connectivity index (χ0v) is 11.0. The number of hydrogen-bond donors (Lipinski definition) is 1. The second-order valence-corrected chi connectivity index (χ2v) is 5.84. The average molecular weight is 270 g/mol. The van der Waals surface area contributed by atoms with Crippen LogP contribution in [0.2, 0.25) is 0 Å². The predicted octanol–water partition coefficient (Wildman–Crippen LogP) is 0.382. The van der Waals surface area contributed by atoms with Gasteiger partial charge in [0.1, 0.15) is 17.3 Å². The van der Waals surface area contributed by atoms with Gasteiger partial charge in [0.05, 0.1) is 25.0 Å². The van der Waals surface area contributed by atoms with E-state index in [-0.39, 0.29) is 29.8 Å². The minimum atomic E-state index is -0.893. The van der Waals surface area contributed by atoms with E-state index in [9.17, 15) is 9.59 Å². The van der Waals surface area contributed by atoms with Crippen molar-refractivity contribution in [1.29, 1.82) is 0 Å². The molecule has 3 fully saturated rings. The summed E-state index contributed by atoms with van der Waals surface area (Å²) in [7, 11) is 1.51. The van der Waals surface area contributed by atoms with Gasteiger partial charge >= 0.3 is 5.97 Å². The lowest BCUT2D eigenvalue weighted by atomic mass is 9.69. The highest BCUT2D eigenvalue weighted by molar-refractivity contribution is 5.85. The van der Waals surface area contributed by atoms with Crippen LogP contribution in [0.1, 0.15) is 26.2 Å². The standard InChI is InChI=1S/C13H18O6/c1-12(8(19-12)5-9(15)16)11-10(17-2)7(14)3-4-13(11)6-18-13/h8,10-11H,3-6H2,1-2H3,(H,15,16)/t8-,10-,11-,12+,13+/m1/s1. The summed E-state index contributed by atoms with van der Waals surface area (Å²) in [6, 6.07) is 0. The molecule has 19 heavy (non-hydrogen) atoms. The van der Waals surface area contributed by atoms with Gasteiger partial charge in [-0.2, -0.15) is 0 Å². The van der Waals surface area contributed by atoms with Crippen molar-refractivity contribution in [3.63, 3.8) is 0 Å². The van der Waals surface area contributed by atoms with E-state index in [1.807, 2.05) is 6.92 Å². The summed E-state index contributed by atoms with van der Waals surface area (Å²) in [6.45, 7) is 2.46. The Balaban J connectivity index is 1.84. The molecule has 1 N–H and O–H groups in total. The summed E-state index contributed by atoms with van der Waals surface area (Å²) in [4.78, 5) is 22.8. The molecule has 0 aromatic heterocycles. The Bertz CT molecular complexity index is 429. The third-order valence-corrected chi connectivity index (χ3v) is 4.71. The van der Waals surface area contributed by atoms with E-state index >= 15 is 0 Å². The molecule has 0 aromatic carbocycles. The molecule has 2 heterocycles. The second-order valence-electron chi connectivity index (χ2n) is 5.84. The largest absolute Gasteiger partial charge is 0.481 e. The summed E-state index contributed by atoms with van der Waals surface area (Å²) >= 11 is 0. The van der Waals surface area contributed by atoms with Crippen LogP contribution >= 0.6 is 0 Å². The van der Waals surface area contributed by atoms with E-state index in [0.29, 0.717) is 19.4 Å². The highest BCUT2D eigenvalue weighted by Gasteiger charge is 2.72. The lowest BCUT2D eigenvalue weighted by Crippen LogP contribution is -2.53. The number of Topliss-reactive ketones (excluding diaryl/α,β-unsaturated/α-hetero) is 1. The number of carbonyl (C=O) groups is 2. The van der Waals surface area contributed by atoms with Crippen LogP contribution in [0.4, 0.5) is 0 Å². The Hall–Kier alpha value is -0.980. The highest BCUT2D eigenvalue weighted by Crippen LogP contribution is 2.58. The van der Waals surface area contributed by atoms with Crippen molar-refractivity contribution in [2.24, 2.45) is 5.92 Å². The van der Waals surface area contributed by atoms with E-state index in [4.69, 9.17) is 19.3 Å². The lowest BCUT2D eigenvalue weighted by Gasteiger charge is -2.37. The maximum atomic E-state index is 12.0. The molecule has 1 aliphatic carbocycles. The molecule has 3 rings (SSSR count). The normalized spacial score (nSPS) is 48.3. The zero-order valence-electron chi connectivity index (χ0n) is 11.0. The van der Waals surface area contributed by atoms with Crippen molar-refractivity contribution in [3.8, 4) is 0 Å². The number of aliphatic carboxylic acids is 1. The Morgan fingerprint density at radius 1 is 1.58 bits per heavy atom. The molecule has 0 amide bonds. The summed E-state index contributed by atoms with van der Waals surface area (Å²) in [5.74, 6) is -1.05. The number of carboxylic acids is 1. The van der Waals surface area contributed by atoms with Crippen molar-refractivity contribution in [2.75, 3.05) is 13.7 Å². The molecule has 0 aromatic rings. The monoisotopic (exact) mass is 270 g/mol. The average Bonchev–Trinajstić information content (AvgIpc) is 3.22. The van der Waals surface area contributed by atoms with Gasteiger partial charge < -0.3 is 19.3 Å². The fraction of sp³-hybridized carbons (Fsp3) is 0.846. The van der Waals surface area contributed by atoms with Gasteiger partial charge in [0.15, 0.2) is 5.78 Å². The van der Waals surface area contributed by atoms with Crippen LogP contribution in [0, 0.1) is 5.92 Å². The summed E-state index contributed by atoms with van der Waals surface area (Å²) in [5, 5.41) is 8.87. The zero-order chi connectivity index (χ0) is 13.8. The summed E-state index contributed by atoms with van der Waals surface area (Å²) < 4.78 is 16.6. The first-order valence-electron chi connectivity index (χ1n) is 6.52. The lowest BCUT2D eigenvalue weighted by molar-refractivity contribution is -0.142. The minimum absolute atomic E-state index is 0.0479. The number of methoxy groups -OCH3 is 1. The molecule has 106 valence electrons. The van der Waals surface area contributed by atoms with Crippen LogP contribution in [0.25, 0.3) is 0 Å². The SMILES string of the molecule is CO[C@@H]1C(=O)CC[C@]2(CO2)[C@H]1[C@@]1(C)O[C@@H]1CC(=O)O. The number of hydrogen-bond acceptors (Lipinski definition) is 5. The molecule has 0 bridgehead atoms. The van der Waals surface area contributed by atoms with E-state index in [1.54, 1.807) is 0 Å². The first-order valence-corrected chi connectivity index (χ1v) is 6.52. The number of rotatable bonds is 4. The fourth-order valence-electron chi connectivity index (χ4n) is 3.55. The number of ketones is 1. The van der Waals surface area contributed by atoms with Crippen LogP contribution in [0.5, 0.6) is 0 Å². The minimum Gasteiger partial charge on any atom is -0.481 e. The molecule has 5 atom stereocenters. The fourth-order valence-corrected chi connectivity index (χ4v) is 3.55. The summed E-state index contributed by atoms with van der Waals surface area (Å²) in [5.41, 5.74) is -0.984. The molecule has 6 nitrogen and oxygen atoms in total. The number of ether oxygens (including phenoxy) is 3. The molecule has 1 spiro atoms. The van der Waals surface area contributed by atoms with Crippen molar-refractivity contribution in [1.82, 2.24) is 0 Å². The van der Waals surface area contributed by atoms with Gasteiger partial charge in [-0.15, -0.1) is 0 Å². The van der Waals surface area contributed by atoms with Gasteiger partial charge in [0.25, 0.3) is 0 Å². The molecular formula is C13H18O6. The van der Waals surface area contributed by atoms with Crippen molar-refractivity contribution in [3.05, 3.63) is 0 Å². The van der Waals surface area contributed by atoms with Gasteiger partial charge in [-0.1, -0.05) is 0 Å². The van der Waals surface area contributed by atoms with Gasteiger partial charge in [-0.05, 0) is 13.3 Å². The first-order chi connectivity index (χ1) is 8.93. The Morgan fingerprint density at radius 2 is 2.26 bits per heavy atom. The Labute approximate surface area is 111 Å². The topological polar surface area (TPSA) is 88.7 Å². The van der Waals surface area contributed by atoms with Crippen LogP contribution in [-0.4, -0.2) is 54.0 Å². The molecule has 1 saturated carbocycles. The van der Waals surface area contributed by atoms with Gasteiger partial charge in [0.2, 0.25) is 0 Å². The Kier molecular flexibility index (Phi) is 2.75. The van der Waals surface area contributed by atoms with Crippen LogP contribution in [0.15, 0.2) is 0 Å². The Morgan fingerprint density at radius 3 is 2.79 bits per heavy atom.